The Morgan fingerprint density at radius 2 is 1.45 bits per heavy atom. The van der Waals surface area contributed by atoms with E-state index < -0.39 is 11.4 Å². The molecule has 1 aliphatic heterocycles. The van der Waals surface area contributed by atoms with E-state index in [-0.39, 0.29) is 18.4 Å². The molecule has 1 aromatic heterocycles. The van der Waals surface area contributed by atoms with E-state index in [9.17, 15) is 4.39 Å². The molecule has 0 bridgehead atoms. The minimum atomic E-state index is -1.46. The number of hydrogen-bond donors (Lipinski definition) is 1. The third kappa shape index (κ3) is 6.40. The van der Waals surface area contributed by atoms with E-state index in [0.29, 0.717) is 39.4 Å². The average Bonchev–Trinajstić information content (AvgIpc) is 3.32. The number of carbonyl (C=O) groups excluding carboxylic acids is 1. The molecule has 0 radical (unpaired) electrons. The van der Waals surface area contributed by atoms with Gasteiger partial charge in [0, 0.05) is 40.2 Å². The maximum absolute atomic E-state index is 15.2. The Bertz CT molecular complexity index is 1940. The molecule has 0 aliphatic carbocycles. The van der Waals surface area contributed by atoms with Crippen LogP contribution in [0, 0.1) is 19.7 Å². The SMILES string of the molecule is Cc1ccc(/C=C2\c3c(C)nc(C(C)C)nc3N(Cc3ccc(Cl)cc3)C2(C(=O)NCc2ccc(Cl)cc2)c2ccc(F)cc2)cc1. The molecule has 238 valence electrons. The molecule has 0 saturated heterocycles. The highest BCUT2D eigenvalue weighted by Crippen LogP contribution is 2.55. The molecule has 5 aromatic rings. The second kappa shape index (κ2) is 13.3. The van der Waals surface area contributed by atoms with Crippen molar-refractivity contribution >= 4 is 46.6 Å². The molecule has 0 fully saturated rings. The van der Waals surface area contributed by atoms with Crippen molar-refractivity contribution in [2.75, 3.05) is 4.90 Å². The van der Waals surface area contributed by atoms with E-state index in [1.54, 1.807) is 24.3 Å². The Labute approximate surface area is 285 Å². The first-order valence-electron chi connectivity index (χ1n) is 15.5. The highest BCUT2D eigenvalue weighted by molar-refractivity contribution is 6.30. The van der Waals surface area contributed by atoms with Gasteiger partial charge >= 0.3 is 0 Å². The molecular weight excluding hydrogens is 630 g/mol. The summed E-state index contributed by atoms with van der Waals surface area (Å²) in [6, 6.07) is 29.2. The molecule has 1 unspecified atom stereocenters. The third-order valence-corrected chi connectivity index (χ3v) is 9.03. The molecule has 1 atom stereocenters. The first-order chi connectivity index (χ1) is 22.6. The predicted octanol–water partition coefficient (Wildman–Crippen LogP) is 9.44. The summed E-state index contributed by atoms with van der Waals surface area (Å²) < 4.78 is 14.6. The lowest BCUT2D eigenvalue weighted by Crippen LogP contribution is -2.54. The number of aromatic nitrogens is 2. The number of benzene rings is 4. The van der Waals surface area contributed by atoms with Gasteiger partial charge in [-0.05, 0) is 78.6 Å². The average molecular weight is 666 g/mol. The lowest BCUT2D eigenvalue weighted by atomic mass is 9.78. The van der Waals surface area contributed by atoms with Gasteiger partial charge in [0.2, 0.25) is 0 Å². The van der Waals surface area contributed by atoms with Crippen LogP contribution < -0.4 is 10.2 Å². The Morgan fingerprint density at radius 1 is 0.851 bits per heavy atom. The van der Waals surface area contributed by atoms with Gasteiger partial charge in [0.15, 0.2) is 5.54 Å². The summed E-state index contributed by atoms with van der Waals surface area (Å²) in [5.41, 5.74) is 5.23. The quantitative estimate of drug-likeness (QED) is 0.180. The van der Waals surface area contributed by atoms with E-state index in [4.69, 9.17) is 33.2 Å². The Kier molecular flexibility index (Phi) is 9.18. The van der Waals surface area contributed by atoms with Crippen molar-refractivity contribution in [3.05, 3.63) is 158 Å². The Morgan fingerprint density at radius 3 is 2.04 bits per heavy atom. The molecule has 0 spiro atoms. The maximum atomic E-state index is 15.2. The second-order valence-electron chi connectivity index (χ2n) is 12.2. The van der Waals surface area contributed by atoms with Crippen LogP contribution in [0.1, 0.15) is 64.7 Å². The predicted molar refractivity (Wildman–Crippen MR) is 189 cm³/mol. The van der Waals surface area contributed by atoms with Crippen molar-refractivity contribution in [3.8, 4) is 0 Å². The highest BCUT2D eigenvalue weighted by atomic mass is 35.5. The standard InChI is InChI=1S/C39H35Cl2FN4O/c1-24(2)36-44-26(4)35-34(21-27-7-5-25(3)6-8-27)39(30-13-19-33(42)20-14-30,38(47)43-22-28-9-15-31(40)16-10-28)46(37(35)45-36)23-29-11-17-32(41)18-12-29/h5-21,24H,22-23H2,1-4H3,(H,43,47)/b34-21+. The fraction of sp³-hybridized carbons (Fsp3) is 0.205. The van der Waals surface area contributed by atoms with Gasteiger partial charge in [-0.15, -0.1) is 0 Å². The molecule has 5 nitrogen and oxygen atoms in total. The van der Waals surface area contributed by atoms with Gasteiger partial charge in [-0.2, -0.15) is 0 Å². The van der Waals surface area contributed by atoms with Crippen LogP contribution in [0.2, 0.25) is 10.0 Å². The number of halogens is 3. The molecular formula is C39H35Cl2FN4O. The lowest BCUT2D eigenvalue weighted by Gasteiger charge is -2.40. The summed E-state index contributed by atoms with van der Waals surface area (Å²) in [6.07, 6.45) is 2.04. The van der Waals surface area contributed by atoms with Gasteiger partial charge in [-0.25, -0.2) is 14.4 Å². The number of aryl methyl sites for hydroxylation is 2. The molecule has 1 N–H and O–H groups in total. The summed E-state index contributed by atoms with van der Waals surface area (Å²) in [5.74, 6) is 0.678. The van der Waals surface area contributed by atoms with Crippen molar-refractivity contribution in [1.29, 1.82) is 0 Å². The highest BCUT2D eigenvalue weighted by Gasteiger charge is 2.56. The first-order valence-corrected chi connectivity index (χ1v) is 16.3. The summed E-state index contributed by atoms with van der Waals surface area (Å²) >= 11 is 12.4. The van der Waals surface area contributed by atoms with Crippen molar-refractivity contribution in [2.45, 2.75) is 52.2 Å². The van der Waals surface area contributed by atoms with Crippen molar-refractivity contribution in [1.82, 2.24) is 15.3 Å². The third-order valence-electron chi connectivity index (χ3n) is 8.52. The Balaban J connectivity index is 1.65. The number of nitrogens with one attached hydrogen (secondary N) is 1. The van der Waals surface area contributed by atoms with Gasteiger partial charge in [0.1, 0.15) is 17.5 Å². The number of anilines is 1. The zero-order valence-corrected chi connectivity index (χ0v) is 28.2. The topological polar surface area (TPSA) is 58.1 Å². The lowest BCUT2D eigenvalue weighted by molar-refractivity contribution is -0.124. The molecule has 1 aliphatic rings. The minimum Gasteiger partial charge on any atom is -0.349 e. The van der Waals surface area contributed by atoms with Gasteiger partial charge in [0.05, 0.1) is 5.69 Å². The van der Waals surface area contributed by atoms with Crippen LogP contribution in [0.15, 0.2) is 97.1 Å². The van der Waals surface area contributed by atoms with E-state index in [1.165, 1.54) is 12.1 Å². The van der Waals surface area contributed by atoms with Crippen LogP contribution in [0.3, 0.4) is 0 Å². The summed E-state index contributed by atoms with van der Waals surface area (Å²) in [7, 11) is 0. The number of rotatable bonds is 8. The van der Waals surface area contributed by atoms with Crippen LogP contribution in [-0.4, -0.2) is 15.9 Å². The number of amides is 1. The van der Waals surface area contributed by atoms with Crippen molar-refractivity contribution in [3.63, 3.8) is 0 Å². The Hall–Kier alpha value is -4.52. The van der Waals surface area contributed by atoms with Gasteiger partial charge in [-0.3, -0.25) is 4.79 Å². The largest absolute Gasteiger partial charge is 0.349 e. The number of nitrogens with zero attached hydrogens (tertiary/aromatic N) is 3. The van der Waals surface area contributed by atoms with Crippen LogP contribution in [-0.2, 0) is 23.4 Å². The van der Waals surface area contributed by atoms with Crippen molar-refractivity contribution in [2.24, 2.45) is 0 Å². The van der Waals surface area contributed by atoms with Crippen LogP contribution in [0.4, 0.5) is 10.2 Å². The summed E-state index contributed by atoms with van der Waals surface area (Å²) in [6.45, 7) is 8.67. The van der Waals surface area contributed by atoms with Crippen molar-refractivity contribution < 1.29 is 9.18 Å². The van der Waals surface area contributed by atoms with Gasteiger partial charge < -0.3 is 10.2 Å². The maximum Gasteiger partial charge on any atom is 0.255 e. The zero-order valence-electron chi connectivity index (χ0n) is 26.7. The molecule has 4 aromatic carbocycles. The molecule has 0 saturated carbocycles. The molecule has 47 heavy (non-hydrogen) atoms. The van der Waals surface area contributed by atoms with E-state index >= 15 is 4.79 Å². The van der Waals surface area contributed by atoms with E-state index in [2.05, 4.69) is 19.2 Å². The zero-order chi connectivity index (χ0) is 33.3. The van der Waals surface area contributed by atoms with E-state index in [0.717, 1.165) is 33.5 Å². The molecule has 8 heteroatoms. The van der Waals surface area contributed by atoms with Gasteiger partial charge in [0.25, 0.3) is 5.91 Å². The summed E-state index contributed by atoms with van der Waals surface area (Å²) in [5, 5.41) is 4.45. The smallest absolute Gasteiger partial charge is 0.255 e. The molecule has 1 amide bonds. The molecule has 2 heterocycles. The number of fused-ring (bicyclic) bond motifs is 1. The molecule has 6 rings (SSSR count). The fourth-order valence-electron chi connectivity index (χ4n) is 6.10. The minimum absolute atomic E-state index is 0.0421. The van der Waals surface area contributed by atoms with Gasteiger partial charge in [-0.1, -0.05) is 103 Å². The fourth-order valence-corrected chi connectivity index (χ4v) is 6.35. The van der Waals surface area contributed by atoms with Crippen LogP contribution in [0.5, 0.6) is 0 Å². The van der Waals surface area contributed by atoms with Crippen LogP contribution >= 0.6 is 23.2 Å². The number of hydrogen-bond acceptors (Lipinski definition) is 4. The summed E-state index contributed by atoms with van der Waals surface area (Å²) in [4.78, 5) is 27.3. The number of carbonyl (C=O) groups is 1. The monoisotopic (exact) mass is 664 g/mol. The normalized spacial score (nSPS) is 16.5. The first kappa shape index (κ1) is 32.4. The van der Waals surface area contributed by atoms with E-state index in [1.807, 2.05) is 85.5 Å². The second-order valence-corrected chi connectivity index (χ2v) is 13.1. The van der Waals surface area contributed by atoms with Crippen LogP contribution in [0.25, 0.3) is 11.6 Å².